The van der Waals surface area contributed by atoms with Crippen molar-refractivity contribution in [3.63, 3.8) is 0 Å². The molecule has 0 amide bonds. The van der Waals surface area contributed by atoms with Crippen LogP contribution in [0.4, 0.5) is 0 Å². The molecule has 1 atom stereocenters. The first-order valence-corrected chi connectivity index (χ1v) is 7.84. The van der Waals surface area contributed by atoms with E-state index in [2.05, 4.69) is 21.3 Å². The quantitative estimate of drug-likeness (QED) is 0.671. The number of nitrogens with zero attached hydrogens (tertiary/aromatic N) is 2. The van der Waals surface area contributed by atoms with Crippen LogP contribution in [0.15, 0.2) is 29.3 Å². The Kier molecular flexibility index (Phi) is 6.33. The minimum atomic E-state index is 0.411. The molecule has 0 saturated carbocycles. The number of hydrogen-bond acceptors (Lipinski definition) is 2. The van der Waals surface area contributed by atoms with Gasteiger partial charge >= 0.3 is 0 Å². The van der Waals surface area contributed by atoms with Crippen LogP contribution in [0.2, 0.25) is 5.02 Å². The van der Waals surface area contributed by atoms with Crippen molar-refractivity contribution in [2.45, 2.75) is 31.9 Å². The van der Waals surface area contributed by atoms with Gasteiger partial charge in [0.2, 0.25) is 0 Å². The standard InChI is InChI=1S/C16H24ClN3O/c1-18-16(19-9-8-15-7-4-10-21-15)20(2)12-13-5-3-6-14(17)11-13/h3,5-6,11,15H,4,7-10,12H2,1-2H3,(H,18,19). The summed E-state index contributed by atoms with van der Waals surface area (Å²) in [5.41, 5.74) is 1.17. The van der Waals surface area contributed by atoms with Gasteiger partial charge in [0.15, 0.2) is 5.96 Å². The molecule has 1 aliphatic heterocycles. The van der Waals surface area contributed by atoms with Gasteiger partial charge < -0.3 is 15.0 Å². The predicted molar refractivity (Wildman–Crippen MR) is 87.9 cm³/mol. The second kappa shape index (κ2) is 8.25. The monoisotopic (exact) mass is 309 g/mol. The number of nitrogens with one attached hydrogen (secondary N) is 1. The van der Waals surface area contributed by atoms with Gasteiger partial charge in [0.25, 0.3) is 0 Å². The molecule has 1 heterocycles. The average molecular weight is 310 g/mol. The first-order chi connectivity index (χ1) is 10.2. The molecule has 1 aromatic rings. The second-order valence-corrected chi connectivity index (χ2v) is 5.82. The summed E-state index contributed by atoms with van der Waals surface area (Å²) in [5.74, 6) is 0.896. The van der Waals surface area contributed by atoms with E-state index in [-0.39, 0.29) is 0 Å². The van der Waals surface area contributed by atoms with E-state index < -0.39 is 0 Å². The number of halogens is 1. The van der Waals surface area contributed by atoms with Crippen LogP contribution in [0.5, 0.6) is 0 Å². The highest BCUT2D eigenvalue weighted by molar-refractivity contribution is 6.30. The Hall–Kier alpha value is -1.26. The Morgan fingerprint density at radius 1 is 1.52 bits per heavy atom. The zero-order valence-electron chi connectivity index (χ0n) is 12.8. The molecule has 5 heteroatoms. The maximum atomic E-state index is 6.02. The van der Waals surface area contributed by atoms with Gasteiger partial charge in [-0.05, 0) is 37.0 Å². The van der Waals surface area contributed by atoms with E-state index in [0.29, 0.717) is 6.10 Å². The maximum Gasteiger partial charge on any atom is 0.193 e. The highest BCUT2D eigenvalue weighted by Crippen LogP contribution is 2.15. The van der Waals surface area contributed by atoms with E-state index >= 15 is 0 Å². The third-order valence-electron chi connectivity index (χ3n) is 3.66. The third kappa shape index (κ3) is 5.21. The highest BCUT2D eigenvalue weighted by Gasteiger charge is 2.15. The van der Waals surface area contributed by atoms with Crippen LogP contribution in [-0.4, -0.2) is 44.2 Å². The van der Waals surface area contributed by atoms with Crippen LogP contribution >= 0.6 is 11.6 Å². The van der Waals surface area contributed by atoms with E-state index in [0.717, 1.165) is 37.1 Å². The zero-order chi connectivity index (χ0) is 15.1. The lowest BCUT2D eigenvalue weighted by Gasteiger charge is -2.22. The topological polar surface area (TPSA) is 36.9 Å². The fourth-order valence-corrected chi connectivity index (χ4v) is 2.80. The maximum absolute atomic E-state index is 6.02. The zero-order valence-corrected chi connectivity index (χ0v) is 13.6. The molecule has 0 bridgehead atoms. The second-order valence-electron chi connectivity index (χ2n) is 5.38. The highest BCUT2D eigenvalue weighted by atomic mass is 35.5. The molecule has 1 saturated heterocycles. The molecule has 21 heavy (non-hydrogen) atoms. The summed E-state index contributed by atoms with van der Waals surface area (Å²) in [6.45, 7) is 2.57. The van der Waals surface area contributed by atoms with Crippen molar-refractivity contribution in [3.8, 4) is 0 Å². The molecule has 0 aliphatic carbocycles. The lowest BCUT2D eigenvalue weighted by molar-refractivity contribution is 0.105. The van der Waals surface area contributed by atoms with Crippen LogP contribution in [0, 0.1) is 0 Å². The lowest BCUT2D eigenvalue weighted by Crippen LogP contribution is -2.39. The van der Waals surface area contributed by atoms with Gasteiger partial charge in [-0.25, -0.2) is 0 Å². The molecular weight excluding hydrogens is 286 g/mol. The number of hydrogen-bond donors (Lipinski definition) is 1. The molecule has 1 N–H and O–H groups in total. The minimum absolute atomic E-state index is 0.411. The van der Waals surface area contributed by atoms with Gasteiger partial charge in [-0.15, -0.1) is 0 Å². The van der Waals surface area contributed by atoms with Crippen molar-refractivity contribution >= 4 is 17.6 Å². The van der Waals surface area contributed by atoms with Crippen LogP contribution in [0.25, 0.3) is 0 Å². The molecule has 0 spiro atoms. The van der Waals surface area contributed by atoms with Crippen molar-refractivity contribution < 1.29 is 4.74 Å². The summed E-state index contributed by atoms with van der Waals surface area (Å²) in [4.78, 5) is 6.43. The molecule has 1 fully saturated rings. The Bertz CT molecular complexity index is 472. The number of benzene rings is 1. The minimum Gasteiger partial charge on any atom is -0.378 e. The SMILES string of the molecule is CN=C(NCCC1CCCO1)N(C)Cc1cccc(Cl)c1. The van der Waals surface area contributed by atoms with Crippen molar-refractivity contribution in [1.82, 2.24) is 10.2 Å². The van der Waals surface area contributed by atoms with E-state index in [4.69, 9.17) is 16.3 Å². The van der Waals surface area contributed by atoms with E-state index in [1.165, 1.54) is 18.4 Å². The largest absolute Gasteiger partial charge is 0.378 e. The molecule has 2 rings (SSSR count). The molecule has 0 radical (unpaired) electrons. The first kappa shape index (κ1) is 16.1. The molecule has 1 unspecified atom stereocenters. The van der Waals surface area contributed by atoms with Gasteiger partial charge in [-0.1, -0.05) is 23.7 Å². The molecule has 1 aromatic carbocycles. The summed E-state index contributed by atoms with van der Waals surface area (Å²) in [6.07, 6.45) is 3.81. The Morgan fingerprint density at radius 3 is 3.05 bits per heavy atom. The summed E-state index contributed by atoms with van der Waals surface area (Å²) < 4.78 is 5.63. The molecule has 0 aromatic heterocycles. The van der Waals surface area contributed by atoms with Crippen LogP contribution in [0.1, 0.15) is 24.8 Å². The summed E-state index contributed by atoms with van der Waals surface area (Å²) in [5, 5.41) is 4.16. The van der Waals surface area contributed by atoms with Crippen molar-refractivity contribution in [1.29, 1.82) is 0 Å². The van der Waals surface area contributed by atoms with E-state index in [1.807, 2.05) is 32.3 Å². The smallest absolute Gasteiger partial charge is 0.193 e. The third-order valence-corrected chi connectivity index (χ3v) is 3.89. The number of rotatable bonds is 5. The van der Waals surface area contributed by atoms with Gasteiger partial charge in [0, 0.05) is 38.8 Å². The van der Waals surface area contributed by atoms with E-state index in [9.17, 15) is 0 Å². The van der Waals surface area contributed by atoms with Crippen LogP contribution < -0.4 is 5.32 Å². The van der Waals surface area contributed by atoms with Crippen molar-refractivity contribution in [2.24, 2.45) is 4.99 Å². The Balaban J connectivity index is 1.79. The molecule has 4 nitrogen and oxygen atoms in total. The lowest BCUT2D eigenvalue weighted by atomic mass is 10.2. The van der Waals surface area contributed by atoms with Gasteiger partial charge in [0.05, 0.1) is 6.10 Å². The molecular formula is C16H24ClN3O. The molecule has 116 valence electrons. The van der Waals surface area contributed by atoms with E-state index in [1.54, 1.807) is 0 Å². The van der Waals surface area contributed by atoms with Gasteiger partial charge in [-0.3, -0.25) is 4.99 Å². The fourth-order valence-electron chi connectivity index (χ4n) is 2.59. The number of aliphatic imine (C=N–C) groups is 1. The molecule has 1 aliphatic rings. The van der Waals surface area contributed by atoms with Gasteiger partial charge in [-0.2, -0.15) is 0 Å². The fraction of sp³-hybridized carbons (Fsp3) is 0.562. The summed E-state index contributed by atoms with van der Waals surface area (Å²) in [6, 6.07) is 7.92. The Morgan fingerprint density at radius 2 is 2.38 bits per heavy atom. The summed E-state index contributed by atoms with van der Waals surface area (Å²) in [7, 11) is 3.84. The van der Waals surface area contributed by atoms with Gasteiger partial charge in [0.1, 0.15) is 0 Å². The van der Waals surface area contributed by atoms with Crippen molar-refractivity contribution in [2.75, 3.05) is 27.2 Å². The number of guanidine groups is 1. The normalized spacial score (nSPS) is 18.8. The number of ether oxygens (including phenoxy) is 1. The average Bonchev–Trinajstić information content (AvgIpc) is 2.96. The van der Waals surface area contributed by atoms with Crippen LogP contribution in [0.3, 0.4) is 0 Å². The first-order valence-electron chi connectivity index (χ1n) is 7.47. The van der Waals surface area contributed by atoms with Crippen molar-refractivity contribution in [3.05, 3.63) is 34.9 Å². The summed E-state index contributed by atoms with van der Waals surface area (Å²) >= 11 is 6.02. The van der Waals surface area contributed by atoms with Crippen LogP contribution in [-0.2, 0) is 11.3 Å². The Labute approximate surface area is 132 Å². The predicted octanol–water partition coefficient (Wildman–Crippen LogP) is 2.92.